The van der Waals surface area contributed by atoms with Crippen LogP contribution >= 0.6 is 0 Å². The van der Waals surface area contributed by atoms with Crippen molar-refractivity contribution in [1.82, 2.24) is 0 Å². The number of methoxy groups -OCH3 is 1. The molecule has 5 nitrogen and oxygen atoms in total. The monoisotopic (exact) mass is 300 g/mol. The molecule has 1 aliphatic rings. The van der Waals surface area contributed by atoms with Crippen LogP contribution in [-0.4, -0.2) is 24.8 Å². The summed E-state index contributed by atoms with van der Waals surface area (Å²) in [6.45, 7) is 0.128. The zero-order valence-electron chi connectivity index (χ0n) is 12.1. The molecule has 22 heavy (non-hydrogen) atoms. The van der Waals surface area contributed by atoms with Gasteiger partial charge >= 0.3 is 0 Å². The van der Waals surface area contributed by atoms with Crippen LogP contribution in [0.15, 0.2) is 42.5 Å². The molecule has 0 aromatic heterocycles. The van der Waals surface area contributed by atoms with Gasteiger partial charge in [-0.3, -0.25) is 4.79 Å². The molecule has 0 radical (unpaired) electrons. The van der Waals surface area contributed by atoms with Crippen molar-refractivity contribution in [2.45, 2.75) is 12.5 Å². The minimum absolute atomic E-state index is 0.00730. The number of hydrogen-bond acceptors (Lipinski definition) is 5. The number of phenolic OH excluding ortho intramolecular Hbond substituents is 1. The molecule has 0 amide bonds. The Morgan fingerprint density at radius 1 is 1.27 bits per heavy atom. The first-order valence-corrected chi connectivity index (χ1v) is 6.92. The molecule has 5 heteroatoms. The number of Topliss-reactive ketones (excluding diaryl/α,β-unsaturated/α-hetero) is 1. The van der Waals surface area contributed by atoms with E-state index in [2.05, 4.69) is 0 Å². The van der Waals surface area contributed by atoms with E-state index in [1.807, 2.05) is 6.07 Å². The number of carbonyl (C=O) groups is 1. The number of hydrogen-bond donors (Lipinski definition) is 1. The number of fused-ring (bicyclic) bond motifs is 1. The van der Waals surface area contributed by atoms with Crippen LogP contribution in [0.5, 0.6) is 17.2 Å². The lowest BCUT2D eigenvalue weighted by Crippen LogP contribution is -2.20. The number of carbonyl (C=O) groups excluding carboxylic acids is 1. The van der Waals surface area contributed by atoms with Crippen LogP contribution in [0.1, 0.15) is 28.4 Å². The summed E-state index contributed by atoms with van der Waals surface area (Å²) < 4.78 is 16.1. The minimum Gasteiger partial charge on any atom is -0.508 e. The van der Waals surface area contributed by atoms with Gasteiger partial charge in [-0.05, 0) is 29.8 Å². The molecule has 0 fully saturated rings. The first-order chi connectivity index (χ1) is 10.7. The normalized spacial score (nSPS) is 16.8. The molecule has 0 spiro atoms. The molecule has 1 unspecified atom stereocenters. The number of rotatable bonds is 4. The lowest BCUT2D eigenvalue weighted by molar-refractivity contribution is 0.0506. The highest BCUT2D eigenvalue weighted by molar-refractivity contribution is 6.00. The third kappa shape index (κ3) is 2.89. The fraction of sp³-hybridized carbons (Fsp3) is 0.235. The van der Waals surface area contributed by atoms with Crippen molar-refractivity contribution in [3.63, 3.8) is 0 Å². The molecule has 2 aromatic rings. The maximum absolute atomic E-state index is 12.3. The standard InChI is InChI=1S/C17H16O5/c1-20-10-21-13-5-6-14-15(19)9-16(22-17(14)8-13)11-3-2-4-12(18)7-11/h2-8,16,18H,9-10H2,1H3. The van der Waals surface area contributed by atoms with Crippen molar-refractivity contribution in [3.05, 3.63) is 53.6 Å². The Balaban J connectivity index is 1.88. The Morgan fingerprint density at radius 2 is 2.14 bits per heavy atom. The Hall–Kier alpha value is -2.53. The van der Waals surface area contributed by atoms with Crippen molar-refractivity contribution in [2.24, 2.45) is 0 Å². The Kier molecular flexibility index (Phi) is 3.98. The van der Waals surface area contributed by atoms with E-state index in [1.165, 1.54) is 7.11 Å². The van der Waals surface area contributed by atoms with Gasteiger partial charge in [-0.15, -0.1) is 0 Å². The van der Waals surface area contributed by atoms with Crippen LogP contribution < -0.4 is 9.47 Å². The van der Waals surface area contributed by atoms with Gasteiger partial charge in [0.25, 0.3) is 0 Å². The summed E-state index contributed by atoms with van der Waals surface area (Å²) in [7, 11) is 1.54. The van der Waals surface area contributed by atoms with E-state index >= 15 is 0 Å². The summed E-state index contributed by atoms with van der Waals surface area (Å²) in [5, 5.41) is 9.57. The molecule has 1 atom stereocenters. The van der Waals surface area contributed by atoms with Crippen LogP contribution in [-0.2, 0) is 4.74 Å². The van der Waals surface area contributed by atoms with Gasteiger partial charge in [0.2, 0.25) is 0 Å². The summed E-state index contributed by atoms with van der Waals surface area (Å²) in [5.74, 6) is 1.22. The Labute approximate surface area is 128 Å². The molecule has 114 valence electrons. The zero-order chi connectivity index (χ0) is 15.5. The fourth-order valence-electron chi connectivity index (χ4n) is 2.43. The quantitative estimate of drug-likeness (QED) is 0.879. The van der Waals surface area contributed by atoms with Crippen LogP contribution in [0.2, 0.25) is 0 Å². The van der Waals surface area contributed by atoms with Gasteiger partial charge in [0, 0.05) is 13.2 Å². The van der Waals surface area contributed by atoms with Crippen molar-refractivity contribution < 1.29 is 24.1 Å². The van der Waals surface area contributed by atoms with Crippen molar-refractivity contribution >= 4 is 5.78 Å². The number of ether oxygens (including phenoxy) is 3. The summed E-state index contributed by atoms with van der Waals surface area (Å²) in [6, 6.07) is 11.8. The maximum atomic E-state index is 12.3. The predicted molar refractivity (Wildman–Crippen MR) is 79.4 cm³/mol. The van der Waals surface area contributed by atoms with Crippen LogP contribution in [0.4, 0.5) is 0 Å². The summed E-state index contributed by atoms with van der Waals surface area (Å²) in [6.07, 6.45) is -0.167. The molecule has 0 aliphatic carbocycles. The van der Waals surface area contributed by atoms with Gasteiger partial charge in [-0.25, -0.2) is 0 Å². The molecule has 0 saturated carbocycles. The van der Waals surface area contributed by atoms with Gasteiger partial charge in [-0.2, -0.15) is 0 Å². The molecule has 3 rings (SSSR count). The Morgan fingerprint density at radius 3 is 2.91 bits per heavy atom. The largest absolute Gasteiger partial charge is 0.508 e. The van der Waals surface area contributed by atoms with Crippen LogP contribution in [0.25, 0.3) is 0 Å². The highest BCUT2D eigenvalue weighted by atomic mass is 16.7. The fourth-order valence-corrected chi connectivity index (χ4v) is 2.43. The lowest BCUT2D eigenvalue weighted by atomic mass is 9.96. The second-order valence-electron chi connectivity index (χ2n) is 5.04. The van der Waals surface area contributed by atoms with Crippen LogP contribution in [0.3, 0.4) is 0 Å². The molecule has 0 saturated heterocycles. The van der Waals surface area contributed by atoms with Gasteiger partial charge in [-0.1, -0.05) is 12.1 Å². The predicted octanol–water partition coefficient (Wildman–Crippen LogP) is 3.08. The van der Waals surface area contributed by atoms with Gasteiger partial charge < -0.3 is 19.3 Å². The van der Waals surface area contributed by atoms with Gasteiger partial charge in [0.05, 0.1) is 12.0 Å². The molecule has 1 N–H and O–H groups in total. The number of benzene rings is 2. The summed E-state index contributed by atoms with van der Waals surface area (Å²) in [5.41, 5.74) is 1.31. The summed E-state index contributed by atoms with van der Waals surface area (Å²) >= 11 is 0. The topological polar surface area (TPSA) is 65.0 Å². The molecular weight excluding hydrogens is 284 g/mol. The van der Waals surface area contributed by atoms with E-state index in [4.69, 9.17) is 14.2 Å². The second kappa shape index (κ2) is 6.07. The average molecular weight is 300 g/mol. The SMILES string of the molecule is COCOc1ccc2c(c1)OC(c1cccc(O)c1)CC2=O. The number of phenols is 1. The highest BCUT2D eigenvalue weighted by Gasteiger charge is 2.28. The molecule has 0 bridgehead atoms. The maximum Gasteiger partial charge on any atom is 0.188 e. The van der Waals surface area contributed by atoms with E-state index < -0.39 is 6.10 Å². The third-order valence-electron chi connectivity index (χ3n) is 3.48. The van der Waals surface area contributed by atoms with E-state index in [-0.39, 0.29) is 24.7 Å². The number of ketones is 1. The van der Waals surface area contributed by atoms with Crippen molar-refractivity contribution in [3.8, 4) is 17.2 Å². The third-order valence-corrected chi connectivity index (χ3v) is 3.48. The van der Waals surface area contributed by atoms with E-state index in [0.29, 0.717) is 17.1 Å². The van der Waals surface area contributed by atoms with Gasteiger partial charge in [0.1, 0.15) is 23.4 Å². The molecule has 1 aliphatic heterocycles. The van der Waals surface area contributed by atoms with Crippen LogP contribution in [0, 0.1) is 0 Å². The average Bonchev–Trinajstić information content (AvgIpc) is 2.52. The number of aromatic hydroxyl groups is 1. The lowest BCUT2D eigenvalue weighted by Gasteiger charge is -2.26. The molecular formula is C17H16O5. The first-order valence-electron chi connectivity index (χ1n) is 6.92. The minimum atomic E-state index is -0.412. The molecule has 1 heterocycles. The Bertz CT molecular complexity index is 695. The second-order valence-corrected chi connectivity index (χ2v) is 5.04. The van der Waals surface area contributed by atoms with E-state index in [0.717, 1.165) is 5.56 Å². The van der Waals surface area contributed by atoms with Crippen molar-refractivity contribution in [2.75, 3.05) is 13.9 Å². The van der Waals surface area contributed by atoms with E-state index in [1.54, 1.807) is 36.4 Å². The molecule has 2 aromatic carbocycles. The van der Waals surface area contributed by atoms with E-state index in [9.17, 15) is 9.90 Å². The van der Waals surface area contributed by atoms with Crippen molar-refractivity contribution in [1.29, 1.82) is 0 Å². The highest BCUT2D eigenvalue weighted by Crippen LogP contribution is 2.37. The first kappa shape index (κ1) is 14.4. The summed E-state index contributed by atoms with van der Waals surface area (Å²) in [4.78, 5) is 12.3. The van der Waals surface area contributed by atoms with Gasteiger partial charge in [0.15, 0.2) is 12.6 Å². The zero-order valence-corrected chi connectivity index (χ0v) is 12.1. The smallest absolute Gasteiger partial charge is 0.188 e.